The Labute approximate surface area is 125 Å². The average Bonchev–Trinajstić information content (AvgIpc) is 2.47. The van der Waals surface area contributed by atoms with E-state index in [9.17, 15) is 4.79 Å². The molecule has 0 fully saturated rings. The number of hydrogen-bond donors (Lipinski definition) is 1. The first kappa shape index (κ1) is 14.4. The fourth-order valence-electron chi connectivity index (χ4n) is 1.63. The van der Waals surface area contributed by atoms with Gasteiger partial charge in [0.25, 0.3) is 0 Å². The Bertz CT molecular complexity index is 611. The lowest BCUT2D eigenvalue weighted by molar-refractivity contribution is 0.0471. The van der Waals surface area contributed by atoms with Crippen molar-refractivity contribution in [3.8, 4) is 5.75 Å². The molecule has 2 rings (SSSR count). The van der Waals surface area contributed by atoms with E-state index in [-0.39, 0.29) is 12.6 Å². The largest absolute Gasteiger partial charge is 0.497 e. The Balaban J connectivity index is 2.05. The summed E-state index contributed by atoms with van der Waals surface area (Å²) in [4.78, 5) is 11.9. The third kappa shape index (κ3) is 3.51. The highest BCUT2D eigenvalue weighted by molar-refractivity contribution is 9.10. The van der Waals surface area contributed by atoms with Crippen molar-refractivity contribution in [2.24, 2.45) is 0 Å². The molecule has 0 amide bonds. The van der Waals surface area contributed by atoms with Crippen molar-refractivity contribution in [2.75, 3.05) is 12.8 Å². The normalized spacial score (nSPS) is 10.1. The van der Waals surface area contributed by atoms with Gasteiger partial charge in [-0.2, -0.15) is 0 Å². The molecule has 0 aliphatic carbocycles. The van der Waals surface area contributed by atoms with Crippen molar-refractivity contribution in [3.05, 3.63) is 58.1 Å². The van der Waals surface area contributed by atoms with Crippen molar-refractivity contribution in [2.45, 2.75) is 6.61 Å². The molecule has 0 saturated carbocycles. The maximum atomic E-state index is 11.9. The summed E-state index contributed by atoms with van der Waals surface area (Å²) in [5.74, 6) is 0.325. The minimum Gasteiger partial charge on any atom is -0.497 e. The molecule has 2 aromatic rings. The first-order valence-electron chi connectivity index (χ1n) is 5.95. The van der Waals surface area contributed by atoms with Crippen LogP contribution in [0.1, 0.15) is 15.9 Å². The summed E-state index contributed by atoms with van der Waals surface area (Å²) < 4.78 is 11.3. The molecule has 2 aromatic carbocycles. The van der Waals surface area contributed by atoms with Crippen LogP contribution >= 0.6 is 15.9 Å². The second-order valence-electron chi connectivity index (χ2n) is 4.16. The summed E-state index contributed by atoms with van der Waals surface area (Å²) in [5, 5.41) is 0. The SMILES string of the molecule is COc1ccc(Br)c(COC(=O)c2ccc(N)cc2)c1. The lowest BCUT2D eigenvalue weighted by Gasteiger charge is -2.08. The highest BCUT2D eigenvalue weighted by Gasteiger charge is 2.09. The number of anilines is 1. The molecule has 0 radical (unpaired) electrons. The number of methoxy groups -OCH3 is 1. The lowest BCUT2D eigenvalue weighted by Crippen LogP contribution is -2.05. The Morgan fingerprint density at radius 2 is 1.90 bits per heavy atom. The molecule has 104 valence electrons. The topological polar surface area (TPSA) is 61.5 Å². The fourth-order valence-corrected chi connectivity index (χ4v) is 2.00. The van der Waals surface area contributed by atoms with Gasteiger partial charge in [-0.25, -0.2) is 4.79 Å². The number of ether oxygens (including phenoxy) is 2. The highest BCUT2D eigenvalue weighted by atomic mass is 79.9. The van der Waals surface area contributed by atoms with Crippen molar-refractivity contribution >= 4 is 27.6 Å². The average molecular weight is 336 g/mol. The number of nitrogens with two attached hydrogens (primary N) is 1. The van der Waals surface area contributed by atoms with E-state index in [0.29, 0.717) is 17.0 Å². The number of halogens is 1. The van der Waals surface area contributed by atoms with Gasteiger partial charge in [0, 0.05) is 15.7 Å². The van der Waals surface area contributed by atoms with E-state index >= 15 is 0 Å². The van der Waals surface area contributed by atoms with E-state index in [1.54, 1.807) is 31.4 Å². The molecular weight excluding hydrogens is 322 g/mol. The molecule has 4 nitrogen and oxygen atoms in total. The molecule has 0 heterocycles. The van der Waals surface area contributed by atoms with E-state index in [1.807, 2.05) is 18.2 Å². The van der Waals surface area contributed by atoms with E-state index in [2.05, 4.69) is 15.9 Å². The quantitative estimate of drug-likeness (QED) is 0.687. The van der Waals surface area contributed by atoms with Crippen LogP contribution in [0.25, 0.3) is 0 Å². The van der Waals surface area contributed by atoms with Crippen LogP contribution < -0.4 is 10.5 Å². The zero-order valence-corrected chi connectivity index (χ0v) is 12.5. The molecule has 0 aliphatic rings. The monoisotopic (exact) mass is 335 g/mol. The number of rotatable bonds is 4. The Kier molecular flexibility index (Phi) is 4.63. The minimum atomic E-state index is -0.389. The molecule has 0 atom stereocenters. The van der Waals surface area contributed by atoms with Crippen molar-refractivity contribution < 1.29 is 14.3 Å². The summed E-state index contributed by atoms with van der Waals surface area (Å²) in [6, 6.07) is 12.1. The standard InChI is InChI=1S/C15H14BrNO3/c1-19-13-6-7-14(16)11(8-13)9-20-15(18)10-2-4-12(17)5-3-10/h2-8H,9,17H2,1H3. The molecule has 0 bridgehead atoms. The van der Waals surface area contributed by atoms with Crippen LogP contribution in [0.5, 0.6) is 5.75 Å². The van der Waals surface area contributed by atoms with Gasteiger partial charge in [-0.1, -0.05) is 15.9 Å². The number of carbonyl (C=O) groups excluding carboxylic acids is 1. The first-order chi connectivity index (χ1) is 9.60. The van der Waals surface area contributed by atoms with Gasteiger partial charge in [0.05, 0.1) is 12.7 Å². The number of carbonyl (C=O) groups is 1. The van der Waals surface area contributed by atoms with Gasteiger partial charge in [0.2, 0.25) is 0 Å². The van der Waals surface area contributed by atoms with Gasteiger partial charge in [0.15, 0.2) is 0 Å². The van der Waals surface area contributed by atoms with Crippen molar-refractivity contribution in [1.29, 1.82) is 0 Å². The second-order valence-corrected chi connectivity index (χ2v) is 5.01. The van der Waals surface area contributed by atoms with Gasteiger partial charge in [-0.3, -0.25) is 0 Å². The Hall–Kier alpha value is -2.01. The van der Waals surface area contributed by atoms with E-state index in [1.165, 1.54) is 0 Å². The minimum absolute atomic E-state index is 0.168. The van der Waals surface area contributed by atoms with Crippen LogP contribution in [0, 0.1) is 0 Å². The maximum Gasteiger partial charge on any atom is 0.338 e. The number of nitrogen functional groups attached to an aromatic ring is 1. The Morgan fingerprint density at radius 3 is 2.55 bits per heavy atom. The Morgan fingerprint density at radius 1 is 1.20 bits per heavy atom. The van der Waals surface area contributed by atoms with Crippen LogP contribution in [-0.2, 0) is 11.3 Å². The molecule has 0 aromatic heterocycles. The highest BCUT2D eigenvalue weighted by Crippen LogP contribution is 2.23. The molecule has 5 heteroatoms. The van der Waals surface area contributed by atoms with Gasteiger partial charge >= 0.3 is 5.97 Å². The molecular formula is C15H14BrNO3. The van der Waals surface area contributed by atoms with Crippen molar-refractivity contribution in [1.82, 2.24) is 0 Å². The van der Waals surface area contributed by atoms with Crippen LogP contribution in [0.4, 0.5) is 5.69 Å². The molecule has 0 aliphatic heterocycles. The van der Waals surface area contributed by atoms with Gasteiger partial charge < -0.3 is 15.2 Å². The molecule has 2 N–H and O–H groups in total. The zero-order chi connectivity index (χ0) is 14.5. The molecule has 0 unspecified atom stereocenters. The zero-order valence-electron chi connectivity index (χ0n) is 10.9. The third-order valence-electron chi connectivity index (χ3n) is 2.76. The predicted molar refractivity (Wildman–Crippen MR) is 80.7 cm³/mol. The third-order valence-corrected chi connectivity index (χ3v) is 3.53. The summed E-state index contributed by atoms with van der Waals surface area (Å²) in [6.07, 6.45) is 0. The summed E-state index contributed by atoms with van der Waals surface area (Å²) in [6.45, 7) is 0.168. The summed E-state index contributed by atoms with van der Waals surface area (Å²) in [5.41, 5.74) is 7.49. The molecule has 20 heavy (non-hydrogen) atoms. The summed E-state index contributed by atoms with van der Waals surface area (Å²) in [7, 11) is 1.59. The lowest BCUT2D eigenvalue weighted by atomic mass is 10.2. The van der Waals surface area contributed by atoms with Crippen LogP contribution in [-0.4, -0.2) is 13.1 Å². The van der Waals surface area contributed by atoms with Crippen molar-refractivity contribution in [3.63, 3.8) is 0 Å². The molecule has 0 saturated heterocycles. The van der Waals surface area contributed by atoms with Gasteiger partial charge in [-0.05, 0) is 42.5 Å². The fraction of sp³-hybridized carbons (Fsp3) is 0.133. The van der Waals surface area contributed by atoms with E-state index in [0.717, 1.165) is 10.0 Å². The van der Waals surface area contributed by atoms with Crippen LogP contribution in [0.3, 0.4) is 0 Å². The maximum absolute atomic E-state index is 11.9. The number of benzene rings is 2. The number of hydrogen-bond acceptors (Lipinski definition) is 4. The number of esters is 1. The van der Waals surface area contributed by atoms with Crippen LogP contribution in [0.2, 0.25) is 0 Å². The van der Waals surface area contributed by atoms with Gasteiger partial charge in [0.1, 0.15) is 12.4 Å². The second kappa shape index (κ2) is 6.43. The predicted octanol–water partition coefficient (Wildman–Crippen LogP) is 3.40. The summed E-state index contributed by atoms with van der Waals surface area (Å²) >= 11 is 3.41. The van der Waals surface area contributed by atoms with Gasteiger partial charge in [-0.15, -0.1) is 0 Å². The van der Waals surface area contributed by atoms with E-state index in [4.69, 9.17) is 15.2 Å². The van der Waals surface area contributed by atoms with Crippen LogP contribution in [0.15, 0.2) is 46.9 Å². The smallest absolute Gasteiger partial charge is 0.338 e. The first-order valence-corrected chi connectivity index (χ1v) is 6.74. The van der Waals surface area contributed by atoms with E-state index < -0.39 is 0 Å². The molecule has 0 spiro atoms.